The summed E-state index contributed by atoms with van der Waals surface area (Å²) in [7, 11) is 0. The van der Waals surface area contributed by atoms with Crippen LogP contribution in [0.2, 0.25) is 0 Å². The number of carbonyl (C=O) groups excluding carboxylic acids is 1. The van der Waals surface area contributed by atoms with Gasteiger partial charge in [-0.3, -0.25) is 4.79 Å². The van der Waals surface area contributed by atoms with Gasteiger partial charge in [0.05, 0.1) is 0 Å². The van der Waals surface area contributed by atoms with Crippen LogP contribution >= 0.6 is 0 Å². The van der Waals surface area contributed by atoms with Crippen molar-refractivity contribution in [2.45, 2.75) is 47.0 Å². The molecule has 1 atom stereocenters. The van der Waals surface area contributed by atoms with E-state index in [1.165, 1.54) is 18.5 Å². The van der Waals surface area contributed by atoms with Gasteiger partial charge in [0.2, 0.25) is 5.91 Å². The standard InChI is InChI=1S/C20H33N3O/c1-5-23(6-2)18-9-10-19(17(4)14-18)21-20(24)11-13-22-12-7-8-16(3)15-22/h9-10,14,16H,5-8,11-13,15H2,1-4H3,(H,21,24). The summed E-state index contributed by atoms with van der Waals surface area (Å²) in [6, 6.07) is 6.29. The average molecular weight is 332 g/mol. The highest BCUT2D eigenvalue weighted by Crippen LogP contribution is 2.23. The monoisotopic (exact) mass is 331 g/mol. The number of aryl methyl sites for hydroxylation is 1. The van der Waals surface area contributed by atoms with Gasteiger partial charge in [0, 0.05) is 44.0 Å². The largest absolute Gasteiger partial charge is 0.372 e. The van der Waals surface area contributed by atoms with Gasteiger partial charge >= 0.3 is 0 Å². The lowest BCUT2D eigenvalue weighted by Gasteiger charge is -2.30. The summed E-state index contributed by atoms with van der Waals surface area (Å²) < 4.78 is 0. The van der Waals surface area contributed by atoms with Gasteiger partial charge in [0.1, 0.15) is 0 Å². The molecule has 0 saturated carbocycles. The summed E-state index contributed by atoms with van der Waals surface area (Å²) in [5.41, 5.74) is 3.28. The Hall–Kier alpha value is -1.55. The van der Waals surface area contributed by atoms with Gasteiger partial charge in [-0.15, -0.1) is 0 Å². The third-order valence-electron chi connectivity index (χ3n) is 5.01. The minimum atomic E-state index is 0.118. The van der Waals surface area contributed by atoms with E-state index >= 15 is 0 Å². The van der Waals surface area contributed by atoms with Crippen LogP contribution in [-0.2, 0) is 4.79 Å². The van der Waals surface area contributed by atoms with Crippen molar-refractivity contribution in [1.82, 2.24) is 4.90 Å². The van der Waals surface area contributed by atoms with Crippen molar-refractivity contribution in [2.75, 3.05) is 42.9 Å². The molecule has 1 unspecified atom stereocenters. The lowest BCUT2D eigenvalue weighted by Crippen LogP contribution is -2.36. The van der Waals surface area contributed by atoms with E-state index in [4.69, 9.17) is 0 Å². The van der Waals surface area contributed by atoms with Crippen LogP contribution in [0.25, 0.3) is 0 Å². The summed E-state index contributed by atoms with van der Waals surface area (Å²) in [5, 5.41) is 3.08. The van der Waals surface area contributed by atoms with Crippen LogP contribution in [-0.4, -0.2) is 43.5 Å². The van der Waals surface area contributed by atoms with Crippen LogP contribution in [0.5, 0.6) is 0 Å². The van der Waals surface area contributed by atoms with Gasteiger partial charge in [0.25, 0.3) is 0 Å². The van der Waals surface area contributed by atoms with Crippen LogP contribution in [0, 0.1) is 12.8 Å². The maximum absolute atomic E-state index is 12.3. The number of rotatable bonds is 7. The zero-order valence-corrected chi connectivity index (χ0v) is 15.8. The Morgan fingerprint density at radius 3 is 2.71 bits per heavy atom. The molecular weight excluding hydrogens is 298 g/mol. The molecule has 4 nitrogen and oxygen atoms in total. The Morgan fingerprint density at radius 2 is 2.08 bits per heavy atom. The topological polar surface area (TPSA) is 35.6 Å². The van der Waals surface area contributed by atoms with Gasteiger partial charge in [-0.25, -0.2) is 0 Å². The zero-order chi connectivity index (χ0) is 17.5. The van der Waals surface area contributed by atoms with Crippen LogP contribution < -0.4 is 10.2 Å². The summed E-state index contributed by atoms with van der Waals surface area (Å²) in [5.74, 6) is 0.878. The maximum Gasteiger partial charge on any atom is 0.225 e. The first kappa shape index (κ1) is 18.8. The summed E-state index contributed by atoms with van der Waals surface area (Å²) >= 11 is 0. The van der Waals surface area contributed by atoms with E-state index in [-0.39, 0.29) is 5.91 Å². The lowest BCUT2D eigenvalue weighted by molar-refractivity contribution is -0.116. The number of nitrogens with one attached hydrogen (secondary N) is 1. The first-order valence-electron chi connectivity index (χ1n) is 9.41. The number of hydrogen-bond acceptors (Lipinski definition) is 3. The average Bonchev–Trinajstić information content (AvgIpc) is 2.56. The van der Waals surface area contributed by atoms with Crippen molar-refractivity contribution in [2.24, 2.45) is 5.92 Å². The fourth-order valence-electron chi connectivity index (χ4n) is 3.54. The minimum absolute atomic E-state index is 0.118. The summed E-state index contributed by atoms with van der Waals surface area (Å²) in [6.07, 6.45) is 3.15. The molecule has 1 N–H and O–H groups in total. The molecule has 2 rings (SSSR count). The van der Waals surface area contributed by atoms with E-state index in [1.54, 1.807) is 0 Å². The summed E-state index contributed by atoms with van der Waals surface area (Å²) in [4.78, 5) is 17.0. The van der Waals surface area contributed by atoms with Crippen molar-refractivity contribution in [1.29, 1.82) is 0 Å². The normalized spacial score (nSPS) is 18.4. The van der Waals surface area contributed by atoms with Crippen LogP contribution in [0.4, 0.5) is 11.4 Å². The van der Waals surface area contributed by atoms with E-state index in [2.05, 4.69) is 54.9 Å². The maximum atomic E-state index is 12.3. The van der Waals surface area contributed by atoms with Crippen molar-refractivity contribution in [3.05, 3.63) is 23.8 Å². The molecule has 1 aromatic rings. The smallest absolute Gasteiger partial charge is 0.225 e. The zero-order valence-electron chi connectivity index (χ0n) is 15.8. The third-order valence-corrected chi connectivity index (χ3v) is 5.01. The molecule has 0 aromatic heterocycles. The molecule has 1 fully saturated rings. The molecule has 4 heteroatoms. The number of benzene rings is 1. The van der Waals surface area contributed by atoms with E-state index in [0.29, 0.717) is 6.42 Å². The Balaban J connectivity index is 1.87. The molecule has 134 valence electrons. The van der Waals surface area contributed by atoms with Crippen molar-refractivity contribution in [3.63, 3.8) is 0 Å². The van der Waals surface area contributed by atoms with Crippen LogP contribution in [0.15, 0.2) is 18.2 Å². The van der Waals surface area contributed by atoms with Crippen LogP contribution in [0.3, 0.4) is 0 Å². The van der Waals surface area contributed by atoms with E-state index in [0.717, 1.165) is 49.9 Å². The number of anilines is 2. The number of hydrogen-bond donors (Lipinski definition) is 1. The minimum Gasteiger partial charge on any atom is -0.372 e. The second-order valence-electron chi connectivity index (χ2n) is 7.02. The number of nitrogens with zero attached hydrogens (tertiary/aromatic N) is 2. The highest BCUT2D eigenvalue weighted by Gasteiger charge is 2.17. The molecule has 1 amide bonds. The molecule has 0 radical (unpaired) electrons. The molecule has 1 heterocycles. The fraction of sp³-hybridized carbons (Fsp3) is 0.650. The quantitative estimate of drug-likeness (QED) is 0.823. The Bertz CT molecular complexity index is 540. The van der Waals surface area contributed by atoms with Crippen molar-refractivity contribution in [3.8, 4) is 0 Å². The molecule has 1 aliphatic heterocycles. The van der Waals surface area contributed by atoms with Gasteiger partial charge in [-0.1, -0.05) is 6.92 Å². The van der Waals surface area contributed by atoms with Gasteiger partial charge in [-0.2, -0.15) is 0 Å². The van der Waals surface area contributed by atoms with Gasteiger partial charge in [-0.05, 0) is 69.8 Å². The summed E-state index contributed by atoms with van der Waals surface area (Å²) in [6.45, 7) is 13.8. The van der Waals surface area contributed by atoms with E-state index < -0.39 is 0 Å². The highest BCUT2D eigenvalue weighted by atomic mass is 16.1. The number of amides is 1. The predicted molar refractivity (Wildman–Crippen MR) is 103 cm³/mol. The Kier molecular flexibility index (Phi) is 7.10. The molecular formula is C20H33N3O. The van der Waals surface area contributed by atoms with Crippen LogP contribution in [0.1, 0.15) is 45.6 Å². The molecule has 0 aliphatic carbocycles. The van der Waals surface area contributed by atoms with Gasteiger partial charge < -0.3 is 15.1 Å². The van der Waals surface area contributed by atoms with Crippen molar-refractivity contribution < 1.29 is 4.79 Å². The predicted octanol–water partition coefficient (Wildman–Crippen LogP) is 3.90. The molecule has 0 spiro atoms. The molecule has 0 bridgehead atoms. The highest BCUT2D eigenvalue weighted by molar-refractivity contribution is 5.91. The molecule has 1 aromatic carbocycles. The number of piperidine rings is 1. The molecule has 1 aliphatic rings. The molecule has 1 saturated heterocycles. The second kappa shape index (κ2) is 9.07. The SMILES string of the molecule is CCN(CC)c1ccc(NC(=O)CCN2CCCC(C)C2)c(C)c1. The third kappa shape index (κ3) is 5.23. The lowest BCUT2D eigenvalue weighted by atomic mass is 10.0. The Labute approximate surface area is 147 Å². The fourth-order valence-corrected chi connectivity index (χ4v) is 3.54. The number of likely N-dealkylation sites (tertiary alicyclic amines) is 1. The van der Waals surface area contributed by atoms with Crippen molar-refractivity contribution >= 4 is 17.3 Å². The van der Waals surface area contributed by atoms with E-state index in [9.17, 15) is 4.79 Å². The Morgan fingerprint density at radius 1 is 1.33 bits per heavy atom. The van der Waals surface area contributed by atoms with Gasteiger partial charge in [0.15, 0.2) is 0 Å². The second-order valence-corrected chi connectivity index (χ2v) is 7.02. The molecule has 24 heavy (non-hydrogen) atoms. The number of carbonyl (C=O) groups is 1. The first-order chi connectivity index (χ1) is 11.5. The van der Waals surface area contributed by atoms with E-state index in [1.807, 2.05) is 6.07 Å². The first-order valence-corrected chi connectivity index (χ1v) is 9.41.